The Morgan fingerprint density at radius 1 is 1.07 bits per heavy atom. The molecule has 4 rings (SSSR count). The minimum absolute atomic E-state index is 0.0940. The Labute approximate surface area is 168 Å². The number of aromatic amines is 1. The minimum Gasteiger partial charge on any atom is -0.495 e. The second kappa shape index (κ2) is 7.91. The van der Waals surface area contributed by atoms with Gasteiger partial charge in [-0.05, 0) is 35.9 Å². The Morgan fingerprint density at radius 2 is 1.83 bits per heavy atom. The van der Waals surface area contributed by atoms with Gasteiger partial charge in [0, 0.05) is 22.7 Å². The number of H-pyrrole nitrogens is 1. The molecule has 4 aromatic rings. The topological polar surface area (TPSA) is 77.9 Å². The van der Waals surface area contributed by atoms with Gasteiger partial charge in [0.1, 0.15) is 11.8 Å². The Hall–Kier alpha value is -4.04. The summed E-state index contributed by atoms with van der Waals surface area (Å²) in [6, 6.07) is 23.9. The number of fused-ring (bicyclic) bond motifs is 1. The molecule has 1 atom stereocenters. The molecule has 0 saturated carbocycles. The molecule has 0 amide bonds. The van der Waals surface area contributed by atoms with Crippen molar-refractivity contribution >= 4 is 22.4 Å². The average molecular weight is 381 g/mol. The van der Waals surface area contributed by atoms with E-state index >= 15 is 0 Å². The molecule has 5 nitrogen and oxygen atoms in total. The number of ketones is 1. The molecular formula is C24H19N3O2. The summed E-state index contributed by atoms with van der Waals surface area (Å²) in [7, 11) is 1.60. The van der Waals surface area contributed by atoms with Crippen LogP contribution in [0.5, 0.6) is 5.75 Å². The molecule has 142 valence electrons. The maximum absolute atomic E-state index is 13.6. The summed E-state index contributed by atoms with van der Waals surface area (Å²) in [4.78, 5) is 16.7. The number of nitriles is 1. The molecule has 0 spiro atoms. The van der Waals surface area contributed by atoms with Crippen LogP contribution in [0.15, 0.2) is 79.0 Å². The number of methoxy groups -OCH3 is 1. The third kappa shape index (κ3) is 3.56. The largest absolute Gasteiger partial charge is 0.495 e. The first kappa shape index (κ1) is 18.3. The van der Waals surface area contributed by atoms with Crippen LogP contribution < -0.4 is 10.1 Å². The maximum atomic E-state index is 13.6. The number of hydrogen-bond acceptors (Lipinski definition) is 4. The van der Waals surface area contributed by atoms with Gasteiger partial charge in [0.05, 0.1) is 24.4 Å². The highest BCUT2D eigenvalue weighted by molar-refractivity contribution is 6.11. The Balaban J connectivity index is 1.79. The maximum Gasteiger partial charge on any atom is 0.191 e. The molecule has 0 aliphatic heterocycles. The van der Waals surface area contributed by atoms with Gasteiger partial charge in [0.2, 0.25) is 0 Å². The van der Waals surface area contributed by atoms with E-state index in [1.165, 1.54) is 0 Å². The standard InChI is InChI=1S/C24H19N3O2/c1-29-22-10-6-5-9-21(22)27-23(17-7-3-2-4-8-17)24(28)19-15-26-20-12-11-16(14-25)13-18(19)20/h2-13,15,23,26-27H,1H3. The Kier molecular flexibility index (Phi) is 5.00. The number of nitrogens with one attached hydrogen (secondary N) is 2. The quantitative estimate of drug-likeness (QED) is 0.456. The van der Waals surface area contributed by atoms with Crippen molar-refractivity contribution in [2.45, 2.75) is 6.04 Å². The first-order valence-corrected chi connectivity index (χ1v) is 9.21. The van der Waals surface area contributed by atoms with Crippen molar-refractivity contribution in [3.05, 3.63) is 95.7 Å². The molecule has 0 bridgehead atoms. The van der Waals surface area contributed by atoms with Crippen LogP contribution >= 0.6 is 0 Å². The lowest BCUT2D eigenvalue weighted by molar-refractivity contribution is 0.0971. The van der Waals surface area contributed by atoms with Crippen molar-refractivity contribution in [1.29, 1.82) is 5.26 Å². The van der Waals surface area contributed by atoms with E-state index in [0.717, 1.165) is 22.2 Å². The van der Waals surface area contributed by atoms with Crippen molar-refractivity contribution in [3.8, 4) is 11.8 Å². The van der Waals surface area contributed by atoms with Crippen LogP contribution in [0, 0.1) is 11.3 Å². The normalized spacial score (nSPS) is 11.6. The highest BCUT2D eigenvalue weighted by Gasteiger charge is 2.25. The number of benzene rings is 3. The number of carbonyl (C=O) groups excluding carboxylic acids is 1. The third-order valence-electron chi connectivity index (χ3n) is 4.88. The van der Waals surface area contributed by atoms with E-state index in [1.807, 2.05) is 60.7 Å². The third-order valence-corrected chi connectivity index (χ3v) is 4.88. The average Bonchev–Trinajstić information content (AvgIpc) is 3.21. The monoisotopic (exact) mass is 381 g/mol. The highest BCUT2D eigenvalue weighted by atomic mass is 16.5. The lowest BCUT2D eigenvalue weighted by atomic mass is 9.96. The number of carbonyl (C=O) groups is 1. The number of para-hydroxylation sites is 2. The summed E-state index contributed by atoms with van der Waals surface area (Å²) < 4.78 is 5.44. The van der Waals surface area contributed by atoms with Crippen LogP contribution in [0.2, 0.25) is 0 Å². The molecule has 2 N–H and O–H groups in total. The van der Waals surface area contributed by atoms with Crippen LogP contribution in [-0.4, -0.2) is 17.9 Å². The molecule has 3 aromatic carbocycles. The van der Waals surface area contributed by atoms with E-state index in [1.54, 1.807) is 25.4 Å². The molecule has 0 saturated heterocycles. The van der Waals surface area contributed by atoms with Crippen LogP contribution in [0.4, 0.5) is 5.69 Å². The van der Waals surface area contributed by atoms with Gasteiger partial charge in [0.15, 0.2) is 5.78 Å². The van der Waals surface area contributed by atoms with Crippen LogP contribution in [-0.2, 0) is 0 Å². The van der Waals surface area contributed by atoms with Gasteiger partial charge in [-0.25, -0.2) is 0 Å². The summed E-state index contributed by atoms with van der Waals surface area (Å²) in [5, 5.41) is 13.3. The smallest absolute Gasteiger partial charge is 0.191 e. The van der Waals surface area contributed by atoms with Crippen molar-refractivity contribution in [1.82, 2.24) is 4.98 Å². The predicted molar refractivity (Wildman–Crippen MR) is 113 cm³/mol. The van der Waals surface area contributed by atoms with Crippen LogP contribution in [0.3, 0.4) is 0 Å². The van der Waals surface area contributed by atoms with Gasteiger partial charge in [-0.3, -0.25) is 4.79 Å². The van der Waals surface area contributed by atoms with E-state index in [-0.39, 0.29) is 5.78 Å². The number of anilines is 1. The molecule has 0 fully saturated rings. The summed E-state index contributed by atoms with van der Waals surface area (Å²) >= 11 is 0. The highest BCUT2D eigenvalue weighted by Crippen LogP contribution is 2.31. The Morgan fingerprint density at radius 3 is 2.59 bits per heavy atom. The molecule has 0 aliphatic carbocycles. The fourth-order valence-electron chi connectivity index (χ4n) is 3.41. The molecule has 1 heterocycles. The van der Waals surface area contributed by atoms with Gasteiger partial charge in [-0.1, -0.05) is 42.5 Å². The zero-order chi connectivity index (χ0) is 20.2. The fraction of sp³-hybridized carbons (Fsp3) is 0.0833. The van der Waals surface area contributed by atoms with Gasteiger partial charge in [-0.15, -0.1) is 0 Å². The number of rotatable bonds is 6. The summed E-state index contributed by atoms with van der Waals surface area (Å²) in [5.74, 6) is 0.565. The summed E-state index contributed by atoms with van der Waals surface area (Å²) in [6.07, 6.45) is 1.70. The summed E-state index contributed by atoms with van der Waals surface area (Å²) in [5.41, 5.74) is 3.44. The Bertz CT molecular complexity index is 1210. The number of ether oxygens (including phenoxy) is 1. The van der Waals surface area contributed by atoms with Crippen molar-refractivity contribution in [2.24, 2.45) is 0 Å². The summed E-state index contributed by atoms with van der Waals surface area (Å²) in [6.45, 7) is 0. The number of aromatic nitrogens is 1. The lowest BCUT2D eigenvalue weighted by Crippen LogP contribution is -2.21. The van der Waals surface area contributed by atoms with E-state index in [0.29, 0.717) is 16.9 Å². The zero-order valence-corrected chi connectivity index (χ0v) is 15.8. The van der Waals surface area contributed by atoms with Crippen LogP contribution in [0.1, 0.15) is 27.5 Å². The zero-order valence-electron chi connectivity index (χ0n) is 15.8. The minimum atomic E-state index is -0.614. The predicted octanol–water partition coefficient (Wildman–Crippen LogP) is 5.08. The van der Waals surface area contributed by atoms with Crippen molar-refractivity contribution < 1.29 is 9.53 Å². The molecular weight excluding hydrogens is 362 g/mol. The lowest BCUT2D eigenvalue weighted by Gasteiger charge is -2.20. The first-order valence-electron chi connectivity index (χ1n) is 9.21. The number of Topliss-reactive ketones (excluding diaryl/α,β-unsaturated/α-hetero) is 1. The van der Waals surface area contributed by atoms with Crippen molar-refractivity contribution in [3.63, 3.8) is 0 Å². The molecule has 0 radical (unpaired) electrons. The van der Waals surface area contributed by atoms with Crippen LogP contribution in [0.25, 0.3) is 10.9 Å². The molecule has 1 aromatic heterocycles. The van der Waals surface area contributed by atoms with Crippen molar-refractivity contribution in [2.75, 3.05) is 12.4 Å². The molecule has 1 unspecified atom stereocenters. The second-order valence-electron chi connectivity index (χ2n) is 6.63. The molecule has 29 heavy (non-hydrogen) atoms. The molecule has 0 aliphatic rings. The van der Waals surface area contributed by atoms with E-state index in [9.17, 15) is 10.1 Å². The first-order chi connectivity index (χ1) is 14.2. The second-order valence-corrected chi connectivity index (χ2v) is 6.63. The van der Waals surface area contributed by atoms with E-state index < -0.39 is 6.04 Å². The van der Waals surface area contributed by atoms with E-state index in [2.05, 4.69) is 16.4 Å². The van der Waals surface area contributed by atoms with Gasteiger partial charge in [-0.2, -0.15) is 5.26 Å². The van der Waals surface area contributed by atoms with Gasteiger partial charge >= 0.3 is 0 Å². The van der Waals surface area contributed by atoms with E-state index in [4.69, 9.17) is 4.74 Å². The van der Waals surface area contributed by atoms with Gasteiger partial charge < -0.3 is 15.0 Å². The van der Waals surface area contributed by atoms with Gasteiger partial charge in [0.25, 0.3) is 0 Å². The number of nitrogens with zero attached hydrogens (tertiary/aromatic N) is 1. The fourth-order valence-corrected chi connectivity index (χ4v) is 3.41. The SMILES string of the molecule is COc1ccccc1NC(C(=O)c1c[nH]c2ccc(C#N)cc12)c1ccccc1. The number of hydrogen-bond donors (Lipinski definition) is 2. The molecule has 5 heteroatoms.